The van der Waals surface area contributed by atoms with E-state index in [1.54, 1.807) is 0 Å². The first-order valence-electron chi connectivity index (χ1n) is 7.18. The maximum absolute atomic E-state index is 11.4. The van der Waals surface area contributed by atoms with Crippen LogP contribution in [0.5, 0.6) is 0 Å². The van der Waals surface area contributed by atoms with Crippen molar-refractivity contribution in [3.8, 4) is 0 Å². The SMILES string of the molecule is C=C1CCCCC1.CC1=C(C)C(=O)CC(C)(C)C1. The fourth-order valence-electron chi connectivity index (χ4n) is 2.77. The molecule has 0 unspecified atom stereocenters. The van der Waals surface area contributed by atoms with Crippen LogP contribution in [-0.4, -0.2) is 5.78 Å². The lowest BCUT2D eigenvalue weighted by Gasteiger charge is -2.29. The maximum Gasteiger partial charge on any atom is 0.159 e. The number of ketones is 1. The monoisotopic (exact) mass is 248 g/mol. The van der Waals surface area contributed by atoms with Crippen LogP contribution >= 0.6 is 0 Å². The van der Waals surface area contributed by atoms with Crippen molar-refractivity contribution in [2.24, 2.45) is 5.41 Å². The molecular formula is C17H28O. The Morgan fingerprint density at radius 2 is 1.56 bits per heavy atom. The molecule has 0 spiro atoms. The van der Waals surface area contributed by atoms with Crippen molar-refractivity contribution in [3.05, 3.63) is 23.3 Å². The molecule has 18 heavy (non-hydrogen) atoms. The molecule has 0 radical (unpaired) electrons. The lowest BCUT2D eigenvalue weighted by atomic mass is 9.74. The Bertz CT molecular complexity index is 350. The van der Waals surface area contributed by atoms with Crippen LogP contribution in [0.3, 0.4) is 0 Å². The highest BCUT2D eigenvalue weighted by Gasteiger charge is 2.28. The summed E-state index contributed by atoms with van der Waals surface area (Å²) in [5.41, 5.74) is 3.92. The molecule has 0 atom stereocenters. The Balaban J connectivity index is 0.000000199. The van der Waals surface area contributed by atoms with E-state index in [1.165, 1.54) is 43.3 Å². The van der Waals surface area contributed by atoms with Crippen LogP contribution in [0.2, 0.25) is 0 Å². The summed E-state index contributed by atoms with van der Waals surface area (Å²) in [6, 6.07) is 0. The number of Topliss-reactive ketones (excluding diaryl/α,β-unsaturated/α-hetero) is 1. The minimum atomic E-state index is 0.195. The van der Waals surface area contributed by atoms with Gasteiger partial charge in [-0.05, 0) is 56.9 Å². The largest absolute Gasteiger partial charge is 0.295 e. The lowest BCUT2D eigenvalue weighted by Crippen LogP contribution is -2.23. The van der Waals surface area contributed by atoms with Crippen LogP contribution < -0.4 is 0 Å². The standard InChI is InChI=1S/C10H16O.C7H12/c1-7-5-10(3,4)6-9(11)8(7)2;1-7-5-3-2-4-6-7/h5-6H2,1-4H3;1-6H2. The van der Waals surface area contributed by atoms with E-state index in [1.807, 2.05) is 6.92 Å². The molecule has 2 aliphatic carbocycles. The second-order valence-corrected chi connectivity index (χ2v) is 6.66. The molecule has 1 nitrogen and oxygen atoms in total. The Hall–Kier alpha value is -0.850. The van der Waals surface area contributed by atoms with Gasteiger partial charge in [-0.25, -0.2) is 0 Å². The van der Waals surface area contributed by atoms with E-state index in [-0.39, 0.29) is 5.41 Å². The van der Waals surface area contributed by atoms with Gasteiger partial charge in [-0.1, -0.05) is 38.0 Å². The fourth-order valence-corrected chi connectivity index (χ4v) is 2.77. The van der Waals surface area contributed by atoms with Gasteiger partial charge in [0.2, 0.25) is 0 Å². The van der Waals surface area contributed by atoms with Crippen molar-refractivity contribution in [2.45, 2.75) is 72.6 Å². The third kappa shape index (κ3) is 4.80. The van der Waals surface area contributed by atoms with Gasteiger partial charge < -0.3 is 0 Å². The molecule has 0 aliphatic heterocycles. The number of hydrogen-bond acceptors (Lipinski definition) is 1. The van der Waals surface area contributed by atoms with E-state index in [0.717, 1.165) is 18.4 Å². The summed E-state index contributed by atoms with van der Waals surface area (Å²) in [7, 11) is 0. The van der Waals surface area contributed by atoms with Crippen LogP contribution in [0.1, 0.15) is 72.6 Å². The lowest BCUT2D eigenvalue weighted by molar-refractivity contribution is -0.118. The zero-order valence-corrected chi connectivity index (χ0v) is 12.6. The van der Waals surface area contributed by atoms with Gasteiger partial charge in [0.15, 0.2) is 5.78 Å². The first-order chi connectivity index (χ1) is 8.32. The summed E-state index contributed by atoms with van der Waals surface area (Å²) in [4.78, 5) is 11.4. The van der Waals surface area contributed by atoms with E-state index >= 15 is 0 Å². The maximum atomic E-state index is 11.4. The summed E-state index contributed by atoms with van der Waals surface area (Å²) >= 11 is 0. The molecule has 102 valence electrons. The minimum absolute atomic E-state index is 0.195. The third-order valence-corrected chi connectivity index (χ3v) is 4.00. The first kappa shape index (κ1) is 15.2. The normalized spacial score (nSPS) is 23.6. The summed E-state index contributed by atoms with van der Waals surface area (Å²) < 4.78 is 0. The Morgan fingerprint density at radius 1 is 1.00 bits per heavy atom. The topological polar surface area (TPSA) is 17.1 Å². The van der Waals surface area contributed by atoms with Gasteiger partial charge in [-0.2, -0.15) is 0 Å². The summed E-state index contributed by atoms with van der Waals surface area (Å²) in [5.74, 6) is 0.332. The number of hydrogen-bond donors (Lipinski definition) is 0. The Morgan fingerprint density at radius 3 is 1.94 bits per heavy atom. The zero-order chi connectivity index (χ0) is 13.8. The van der Waals surface area contributed by atoms with Gasteiger partial charge in [0.05, 0.1) is 0 Å². The number of rotatable bonds is 0. The highest BCUT2D eigenvalue weighted by molar-refractivity contribution is 5.96. The van der Waals surface area contributed by atoms with Crippen LogP contribution in [0, 0.1) is 5.41 Å². The average Bonchev–Trinajstić information content (AvgIpc) is 2.26. The van der Waals surface area contributed by atoms with Crippen molar-refractivity contribution < 1.29 is 4.79 Å². The van der Waals surface area contributed by atoms with E-state index in [9.17, 15) is 4.79 Å². The molecule has 2 rings (SSSR count). The van der Waals surface area contributed by atoms with Crippen molar-refractivity contribution in [2.75, 3.05) is 0 Å². The van der Waals surface area contributed by atoms with Gasteiger partial charge >= 0.3 is 0 Å². The van der Waals surface area contributed by atoms with Gasteiger partial charge in [-0.3, -0.25) is 4.79 Å². The molecule has 0 aromatic heterocycles. The highest BCUT2D eigenvalue weighted by atomic mass is 16.1. The van der Waals surface area contributed by atoms with E-state index in [2.05, 4.69) is 27.4 Å². The average molecular weight is 248 g/mol. The van der Waals surface area contributed by atoms with E-state index in [0.29, 0.717) is 5.78 Å². The van der Waals surface area contributed by atoms with E-state index in [4.69, 9.17) is 0 Å². The molecule has 0 saturated heterocycles. The number of carbonyl (C=O) groups is 1. The van der Waals surface area contributed by atoms with Gasteiger partial charge in [0, 0.05) is 6.42 Å². The summed E-state index contributed by atoms with van der Waals surface area (Å²) in [6.07, 6.45) is 8.58. The van der Waals surface area contributed by atoms with Crippen molar-refractivity contribution >= 4 is 5.78 Å². The van der Waals surface area contributed by atoms with Crippen LogP contribution in [0.25, 0.3) is 0 Å². The molecule has 1 heteroatoms. The molecule has 2 aliphatic rings. The second kappa shape index (κ2) is 6.36. The molecule has 0 N–H and O–H groups in total. The van der Waals surface area contributed by atoms with Crippen molar-refractivity contribution in [1.29, 1.82) is 0 Å². The molecule has 0 aromatic rings. The van der Waals surface area contributed by atoms with Crippen molar-refractivity contribution in [1.82, 2.24) is 0 Å². The van der Waals surface area contributed by atoms with Crippen LogP contribution in [-0.2, 0) is 4.79 Å². The molecule has 1 fully saturated rings. The van der Waals surface area contributed by atoms with Gasteiger partial charge in [0.1, 0.15) is 0 Å². The second-order valence-electron chi connectivity index (χ2n) is 6.66. The first-order valence-corrected chi connectivity index (χ1v) is 7.18. The third-order valence-electron chi connectivity index (χ3n) is 4.00. The van der Waals surface area contributed by atoms with Crippen LogP contribution in [0.4, 0.5) is 0 Å². The molecule has 0 amide bonds. The molecule has 0 aromatic carbocycles. The highest BCUT2D eigenvalue weighted by Crippen LogP contribution is 2.36. The number of carbonyl (C=O) groups excluding carboxylic acids is 1. The van der Waals surface area contributed by atoms with Gasteiger partial charge in [-0.15, -0.1) is 0 Å². The molecule has 0 heterocycles. The summed E-state index contributed by atoms with van der Waals surface area (Å²) in [5, 5.41) is 0. The zero-order valence-electron chi connectivity index (χ0n) is 12.6. The summed E-state index contributed by atoms with van der Waals surface area (Å²) in [6.45, 7) is 12.2. The smallest absolute Gasteiger partial charge is 0.159 e. The quantitative estimate of drug-likeness (QED) is 0.537. The van der Waals surface area contributed by atoms with E-state index < -0.39 is 0 Å². The fraction of sp³-hybridized carbons (Fsp3) is 0.706. The molecule has 0 bridgehead atoms. The Kier molecular flexibility index (Phi) is 5.37. The molecular weight excluding hydrogens is 220 g/mol. The molecule has 1 saturated carbocycles. The Labute approximate surface area is 112 Å². The predicted molar refractivity (Wildman–Crippen MR) is 78.6 cm³/mol. The van der Waals surface area contributed by atoms with Crippen LogP contribution in [0.15, 0.2) is 23.3 Å². The van der Waals surface area contributed by atoms with Gasteiger partial charge in [0.25, 0.3) is 0 Å². The minimum Gasteiger partial charge on any atom is -0.295 e. The number of allylic oxidation sites excluding steroid dienone is 3. The predicted octanol–water partition coefficient (Wildman–Crippen LogP) is 5.22. The van der Waals surface area contributed by atoms with Crippen molar-refractivity contribution in [3.63, 3.8) is 0 Å².